The van der Waals surface area contributed by atoms with Crippen LogP contribution in [-0.2, 0) is 0 Å². The van der Waals surface area contributed by atoms with E-state index in [-0.39, 0.29) is 11.1 Å². The summed E-state index contributed by atoms with van der Waals surface area (Å²) in [7, 11) is 0. The molecule has 0 bridgehead atoms. The lowest BCUT2D eigenvalue weighted by Gasteiger charge is -2.17. The predicted octanol–water partition coefficient (Wildman–Crippen LogP) is 6.01. The van der Waals surface area contributed by atoms with Crippen molar-refractivity contribution in [1.82, 2.24) is 0 Å². The first-order valence-electron chi connectivity index (χ1n) is 11.6. The third-order valence-electron chi connectivity index (χ3n) is 7.56. The van der Waals surface area contributed by atoms with Crippen molar-refractivity contribution in [3.8, 4) is 0 Å². The van der Waals surface area contributed by atoms with Crippen LogP contribution in [0.1, 0.15) is 97.1 Å². The lowest BCUT2D eigenvalue weighted by molar-refractivity contribution is 0.0690. The van der Waals surface area contributed by atoms with E-state index in [9.17, 15) is 29.4 Å². The fraction of sp³-hybridized carbons (Fsp3) is 0.267. The molecule has 0 saturated heterocycles. The number of ketones is 2. The van der Waals surface area contributed by atoms with Crippen LogP contribution in [0.2, 0.25) is 0 Å². The summed E-state index contributed by atoms with van der Waals surface area (Å²) in [6.07, 6.45) is 0. The molecule has 3 aromatic carbocycles. The highest BCUT2D eigenvalue weighted by atomic mass is 16.4. The maximum Gasteiger partial charge on any atom is 0.336 e. The molecule has 186 valence electrons. The van der Waals surface area contributed by atoms with E-state index in [4.69, 9.17) is 0 Å². The summed E-state index contributed by atoms with van der Waals surface area (Å²) in [5.74, 6) is -4.04. The van der Waals surface area contributed by atoms with E-state index >= 15 is 0 Å². The first-order chi connectivity index (χ1) is 16.7. The number of aromatic carboxylic acids is 2. The topological polar surface area (TPSA) is 109 Å². The number of benzene rings is 3. The van der Waals surface area contributed by atoms with Crippen molar-refractivity contribution in [2.24, 2.45) is 0 Å². The van der Waals surface area contributed by atoms with Gasteiger partial charge in [0.05, 0.1) is 11.1 Å². The normalized spacial score (nSPS) is 10.9. The Bertz CT molecular complexity index is 1380. The summed E-state index contributed by atoms with van der Waals surface area (Å²) in [5.41, 5.74) is 6.30. The van der Waals surface area contributed by atoms with Crippen LogP contribution in [0.25, 0.3) is 0 Å². The molecular formula is C30H30O6. The second kappa shape index (κ2) is 9.53. The van der Waals surface area contributed by atoms with E-state index in [1.165, 1.54) is 0 Å². The van der Waals surface area contributed by atoms with Crippen LogP contribution in [0.3, 0.4) is 0 Å². The zero-order valence-electron chi connectivity index (χ0n) is 21.8. The Morgan fingerprint density at radius 3 is 1.03 bits per heavy atom. The highest BCUT2D eigenvalue weighted by Crippen LogP contribution is 2.29. The van der Waals surface area contributed by atoms with Crippen LogP contribution in [0, 0.1) is 55.4 Å². The van der Waals surface area contributed by atoms with Gasteiger partial charge in [-0.15, -0.1) is 0 Å². The van der Waals surface area contributed by atoms with E-state index in [1.54, 1.807) is 26.0 Å². The molecule has 0 radical (unpaired) electrons. The Morgan fingerprint density at radius 1 is 0.417 bits per heavy atom. The molecule has 0 aliphatic carbocycles. The van der Waals surface area contributed by atoms with Gasteiger partial charge in [0, 0.05) is 22.3 Å². The summed E-state index contributed by atoms with van der Waals surface area (Å²) in [4.78, 5) is 51.6. The molecule has 0 aliphatic heterocycles. The van der Waals surface area contributed by atoms with E-state index in [1.807, 2.05) is 41.5 Å². The Balaban J connectivity index is 2.36. The van der Waals surface area contributed by atoms with Crippen LogP contribution in [0.4, 0.5) is 0 Å². The summed E-state index contributed by atoms with van der Waals surface area (Å²) >= 11 is 0. The number of carbonyl (C=O) groups is 4. The van der Waals surface area contributed by atoms with E-state index < -0.39 is 34.6 Å². The number of hydrogen-bond donors (Lipinski definition) is 2. The van der Waals surface area contributed by atoms with Gasteiger partial charge < -0.3 is 10.2 Å². The average Bonchev–Trinajstić information content (AvgIpc) is 2.83. The van der Waals surface area contributed by atoms with Crippen molar-refractivity contribution in [2.45, 2.75) is 55.4 Å². The van der Waals surface area contributed by atoms with Gasteiger partial charge in [0.1, 0.15) is 0 Å². The molecule has 0 aromatic heterocycles. The molecule has 0 unspecified atom stereocenters. The minimum atomic E-state index is -1.45. The highest BCUT2D eigenvalue weighted by Gasteiger charge is 2.28. The lowest BCUT2D eigenvalue weighted by atomic mass is 9.85. The third kappa shape index (κ3) is 4.35. The van der Waals surface area contributed by atoms with Gasteiger partial charge in [-0.3, -0.25) is 9.59 Å². The monoisotopic (exact) mass is 486 g/mol. The fourth-order valence-electron chi connectivity index (χ4n) is 4.52. The number of hydrogen-bond acceptors (Lipinski definition) is 4. The number of aryl methyl sites for hydroxylation is 2. The SMILES string of the molecule is Cc1cc(C(=O)c2cc(C(=O)c3cc(C)c(C)c(C)c3C)c(C(=O)O)cc2C(=O)O)c(C)c(C)c1C. The molecule has 6 nitrogen and oxygen atoms in total. The van der Waals surface area contributed by atoms with Crippen molar-refractivity contribution in [1.29, 1.82) is 0 Å². The Hall–Kier alpha value is -4.06. The molecule has 6 heteroatoms. The molecular weight excluding hydrogens is 456 g/mol. The molecule has 3 aromatic rings. The fourth-order valence-corrected chi connectivity index (χ4v) is 4.52. The smallest absolute Gasteiger partial charge is 0.336 e. The minimum Gasteiger partial charge on any atom is -0.478 e. The maximum atomic E-state index is 13.7. The number of rotatable bonds is 6. The standard InChI is InChI=1S/C30H30O6/c1-13-9-21(19(7)17(5)15(13)3)27(31)23-11-24(26(30(35)36)12-25(23)29(33)34)28(32)22-10-14(2)16(4)18(6)20(22)8/h9-12H,1-8H3,(H,33,34)(H,35,36). The Morgan fingerprint density at radius 2 is 0.722 bits per heavy atom. The van der Waals surface area contributed by atoms with Crippen molar-refractivity contribution in [3.63, 3.8) is 0 Å². The Kier molecular flexibility index (Phi) is 7.03. The Labute approximate surface area is 210 Å². The van der Waals surface area contributed by atoms with Gasteiger partial charge in [-0.1, -0.05) is 0 Å². The minimum absolute atomic E-state index is 0.222. The first-order valence-corrected chi connectivity index (χ1v) is 11.6. The van der Waals surface area contributed by atoms with Crippen molar-refractivity contribution >= 4 is 23.5 Å². The number of carboxylic acid groups (broad SMARTS) is 2. The molecule has 0 aliphatic rings. The first kappa shape index (κ1) is 26.5. The van der Waals surface area contributed by atoms with Gasteiger partial charge in [0.15, 0.2) is 11.6 Å². The summed E-state index contributed by atoms with van der Waals surface area (Å²) < 4.78 is 0. The summed E-state index contributed by atoms with van der Waals surface area (Å²) in [6.45, 7) is 15.0. The molecule has 36 heavy (non-hydrogen) atoms. The second-order valence-electron chi connectivity index (χ2n) is 9.44. The molecule has 3 rings (SSSR count). The van der Waals surface area contributed by atoms with Crippen molar-refractivity contribution in [2.75, 3.05) is 0 Å². The summed E-state index contributed by atoms with van der Waals surface area (Å²) in [6, 6.07) is 5.45. The number of carbonyl (C=O) groups excluding carboxylic acids is 2. The van der Waals surface area contributed by atoms with Crippen LogP contribution in [-0.4, -0.2) is 33.7 Å². The highest BCUT2D eigenvalue weighted by molar-refractivity contribution is 6.20. The van der Waals surface area contributed by atoms with Crippen molar-refractivity contribution < 1.29 is 29.4 Å². The maximum absolute atomic E-state index is 13.7. The van der Waals surface area contributed by atoms with Crippen LogP contribution >= 0.6 is 0 Å². The van der Waals surface area contributed by atoms with Crippen LogP contribution < -0.4 is 0 Å². The largest absolute Gasteiger partial charge is 0.478 e. The molecule has 0 spiro atoms. The van der Waals surface area contributed by atoms with Gasteiger partial charge in [0.25, 0.3) is 0 Å². The molecule has 0 saturated carbocycles. The lowest BCUT2D eigenvalue weighted by Crippen LogP contribution is -2.18. The van der Waals surface area contributed by atoms with Gasteiger partial charge in [0.2, 0.25) is 0 Å². The zero-order valence-corrected chi connectivity index (χ0v) is 21.8. The molecule has 2 N–H and O–H groups in total. The van der Waals surface area contributed by atoms with E-state index in [0.29, 0.717) is 22.3 Å². The van der Waals surface area contributed by atoms with Gasteiger partial charge >= 0.3 is 11.9 Å². The van der Waals surface area contributed by atoms with Gasteiger partial charge in [-0.2, -0.15) is 0 Å². The third-order valence-corrected chi connectivity index (χ3v) is 7.56. The molecule has 0 atom stereocenters. The van der Waals surface area contributed by atoms with E-state index in [2.05, 4.69) is 0 Å². The number of carboxylic acids is 2. The quantitative estimate of drug-likeness (QED) is 0.413. The van der Waals surface area contributed by atoms with Crippen LogP contribution in [0.15, 0.2) is 24.3 Å². The summed E-state index contributed by atoms with van der Waals surface area (Å²) in [5, 5.41) is 19.7. The van der Waals surface area contributed by atoms with E-state index in [0.717, 1.165) is 45.5 Å². The van der Waals surface area contributed by atoms with Crippen molar-refractivity contribution in [3.05, 3.63) is 102 Å². The second-order valence-corrected chi connectivity index (χ2v) is 9.44. The zero-order chi connectivity index (χ0) is 27.2. The molecule has 0 heterocycles. The predicted molar refractivity (Wildman–Crippen MR) is 138 cm³/mol. The van der Waals surface area contributed by atoms with Gasteiger partial charge in [-0.25, -0.2) is 9.59 Å². The molecule has 0 fully saturated rings. The average molecular weight is 487 g/mol. The van der Waals surface area contributed by atoms with Crippen LogP contribution in [0.5, 0.6) is 0 Å². The van der Waals surface area contributed by atoms with Gasteiger partial charge in [-0.05, 0) is 124 Å². The molecule has 0 amide bonds.